The average molecular weight is 261 g/mol. The molecule has 0 aliphatic rings. The number of ether oxygens (including phenoxy) is 1. The molecule has 7 nitrogen and oxygen atoms in total. The molecule has 0 aromatic carbocycles. The third-order valence-electron chi connectivity index (χ3n) is 2.71. The molecule has 0 saturated heterocycles. The second-order valence-corrected chi connectivity index (χ2v) is 4.06. The Labute approximate surface area is 110 Å². The van der Waals surface area contributed by atoms with E-state index in [1.807, 2.05) is 29.8 Å². The number of carbonyl (C=O) groups is 1. The van der Waals surface area contributed by atoms with Crippen LogP contribution in [0.2, 0.25) is 0 Å². The third-order valence-corrected chi connectivity index (χ3v) is 2.71. The van der Waals surface area contributed by atoms with Crippen molar-refractivity contribution < 1.29 is 9.53 Å². The molecule has 2 rings (SSSR count). The van der Waals surface area contributed by atoms with E-state index in [9.17, 15) is 4.79 Å². The van der Waals surface area contributed by atoms with Crippen molar-refractivity contribution in [3.05, 3.63) is 36.3 Å². The molecule has 0 N–H and O–H groups in total. The lowest BCUT2D eigenvalue weighted by atomic mass is 10.4. The molecule has 19 heavy (non-hydrogen) atoms. The maximum Gasteiger partial charge on any atom is 0.358 e. The molecule has 0 fully saturated rings. The van der Waals surface area contributed by atoms with Gasteiger partial charge in [-0.15, -0.1) is 0 Å². The van der Waals surface area contributed by atoms with Crippen LogP contribution >= 0.6 is 0 Å². The van der Waals surface area contributed by atoms with E-state index >= 15 is 0 Å². The molecule has 2 heterocycles. The van der Waals surface area contributed by atoms with Gasteiger partial charge in [-0.1, -0.05) is 0 Å². The maximum absolute atomic E-state index is 11.4. The summed E-state index contributed by atoms with van der Waals surface area (Å²) in [5, 5.41) is 0. The van der Waals surface area contributed by atoms with Crippen LogP contribution in [-0.2, 0) is 18.3 Å². The first-order valence-corrected chi connectivity index (χ1v) is 5.69. The van der Waals surface area contributed by atoms with Gasteiger partial charge in [-0.25, -0.2) is 14.8 Å². The van der Waals surface area contributed by atoms with Crippen molar-refractivity contribution in [3.63, 3.8) is 0 Å². The Kier molecular flexibility index (Phi) is 3.74. The van der Waals surface area contributed by atoms with Gasteiger partial charge in [-0.2, -0.15) is 0 Å². The van der Waals surface area contributed by atoms with E-state index in [-0.39, 0.29) is 5.69 Å². The standard InChI is InChI=1S/C12H15N5O2/c1-16-5-4-14-11(16)8-17(2)10-7-13-6-9(15-10)12(18)19-3/h4-7H,8H2,1-3H3. The third kappa shape index (κ3) is 2.87. The molecular formula is C12H15N5O2. The SMILES string of the molecule is COC(=O)c1cncc(N(C)Cc2nccn2C)n1. The molecule has 0 amide bonds. The van der Waals surface area contributed by atoms with Crippen molar-refractivity contribution in [1.82, 2.24) is 19.5 Å². The van der Waals surface area contributed by atoms with Gasteiger partial charge >= 0.3 is 5.97 Å². The van der Waals surface area contributed by atoms with Gasteiger partial charge in [0, 0.05) is 26.5 Å². The summed E-state index contributed by atoms with van der Waals surface area (Å²) in [4.78, 5) is 25.7. The number of hydrogen-bond donors (Lipinski definition) is 0. The van der Waals surface area contributed by atoms with E-state index < -0.39 is 5.97 Å². The van der Waals surface area contributed by atoms with Crippen LogP contribution in [0, 0.1) is 0 Å². The number of aryl methyl sites for hydroxylation is 1. The largest absolute Gasteiger partial charge is 0.464 e. The number of aromatic nitrogens is 4. The molecule has 0 radical (unpaired) electrons. The van der Waals surface area contributed by atoms with Crippen molar-refractivity contribution in [2.45, 2.75) is 6.54 Å². The highest BCUT2D eigenvalue weighted by Gasteiger charge is 2.12. The van der Waals surface area contributed by atoms with Gasteiger partial charge in [-0.05, 0) is 0 Å². The topological polar surface area (TPSA) is 73.1 Å². The van der Waals surface area contributed by atoms with Gasteiger partial charge in [0.05, 0.1) is 26.0 Å². The number of esters is 1. The second kappa shape index (κ2) is 5.47. The molecule has 100 valence electrons. The van der Waals surface area contributed by atoms with E-state index in [2.05, 4.69) is 19.7 Å². The van der Waals surface area contributed by atoms with Crippen LogP contribution in [0.15, 0.2) is 24.8 Å². The van der Waals surface area contributed by atoms with Crippen LogP contribution in [0.5, 0.6) is 0 Å². The number of nitrogens with zero attached hydrogens (tertiary/aromatic N) is 5. The molecular weight excluding hydrogens is 246 g/mol. The summed E-state index contributed by atoms with van der Waals surface area (Å²) in [6.45, 7) is 0.572. The Morgan fingerprint density at radius 1 is 1.47 bits per heavy atom. The smallest absolute Gasteiger partial charge is 0.358 e. The zero-order chi connectivity index (χ0) is 13.8. The number of anilines is 1. The molecule has 0 atom stereocenters. The Bertz CT molecular complexity index is 581. The van der Waals surface area contributed by atoms with E-state index in [4.69, 9.17) is 0 Å². The van der Waals surface area contributed by atoms with Gasteiger partial charge in [0.2, 0.25) is 0 Å². The minimum atomic E-state index is -0.500. The lowest BCUT2D eigenvalue weighted by Crippen LogP contribution is -2.21. The molecule has 0 spiro atoms. The molecule has 7 heteroatoms. The van der Waals surface area contributed by atoms with Crippen molar-refractivity contribution in [2.24, 2.45) is 7.05 Å². The Morgan fingerprint density at radius 2 is 2.26 bits per heavy atom. The van der Waals surface area contributed by atoms with Gasteiger partial charge in [0.15, 0.2) is 5.69 Å². The number of rotatable bonds is 4. The predicted molar refractivity (Wildman–Crippen MR) is 68.7 cm³/mol. The zero-order valence-electron chi connectivity index (χ0n) is 11.1. The van der Waals surface area contributed by atoms with Gasteiger partial charge < -0.3 is 14.2 Å². The summed E-state index contributed by atoms with van der Waals surface area (Å²) in [5.41, 5.74) is 0.187. The average Bonchev–Trinajstić information content (AvgIpc) is 2.83. The van der Waals surface area contributed by atoms with Crippen LogP contribution in [0.25, 0.3) is 0 Å². The fourth-order valence-corrected chi connectivity index (χ4v) is 1.58. The first-order chi connectivity index (χ1) is 9.11. The van der Waals surface area contributed by atoms with E-state index in [1.54, 1.807) is 12.4 Å². The van der Waals surface area contributed by atoms with Gasteiger partial charge in [0.25, 0.3) is 0 Å². The normalized spacial score (nSPS) is 10.3. The van der Waals surface area contributed by atoms with Crippen molar-refractivity contribution in [2.75, 3.05) is 19.1 Å². The lowest BCUT2D eigenvalue weighted by molar-refractivity contribution is 0.0593. The van der Waals surface area contributed by atoms with E-state index in [0.717, 1.165) is 5.82 Å². The Morgan fingerprint density at radius 3 is 2.89 bits per heavy atom. The minimum Gasteiger partial charge on any atom is -0.464 e. The minimum absolute atomic E-state index is 0.187. The fourth-order valence-electron chi connectivity index (χ4n) is 1.58. The van der Waals surface area contributed by atoms with E-state index in [0.29, 0.717) is 12.4 Å². The summed E-state index contributed by atoms with van der Waals surface area (Å²) >= 11 is 0. The molecule has 0 bridgehead atoms. The lowest BCUT2D eigenvalue weighted by Gasteiger charge is -2.17. The van der Waals surface area contributed by atoms with Crippen molar-refractivity contribution >= 4 is 11.8 Å². The number of carbonyl (C=O) groups excluding carboxylic acids is 1. The molecule has 0 saturated carbocycles. The Balaban J connectivity index is 2.17. The molecule has 2 aromatic rings. The van der Waals surface area contributed by atoms with Crippen LogP contribution in [-0.4, -0.2) is 39.6 Å². The van der Waals surface area contributed by atoms with Crippen LogP contribution < -0.4 is 4.90 Å². The predicted octanol–water partition coefficient (Wildman–Crippen LogP) is 0.633. The molecule has 0 unspecified atom stereocenters. The van der Waals surface area contributed by atoms with Crippen molar-refractivity contribution in [1.29, 1.82) is 0 Å². The monoisotopic (exact) mass is 261 g/mol. The maximum atomic E-state index is 11.4. The molecule has 2 aromatic heterocycles. The fraction of sp³-hybridized carbons (Fsp3) is 0.333. The van der Waals surface area contributed by atoms with Gasteiger partial charge in [0.1, 0.15) is 11.6 Å². The zero-order valence-corrected chi connectivity index (χ0v) is 11.1. The molecule has 0 aliphatic heterocycles. The summed E-state index contributed by atoms with van der Waals surface area (Å²) < 4.78 is 6.54. The first-order valence-electron chi connectivity index (χ1n) is 5.69. The molecule has 0 aliphatic carbocycles. The van der Waals surface area contributed by atoms with E-state index in [1.165, 1.54) is 13.3 Å². The van der Waals surface area contributed by atoms with Crippen LogP contribution in [0.4, 0.5) is 5.82 Å². The number of imidazole rings is 1. The summed E-state index contributed by atoms with van der Waals surface area (Å²) in [6.07, 6.45) is 6.58. The highest BCUT2D eigenvalue weighted by Crippen LogP contribution is 2.11. The number of methoxy groups -OCH3 is 1. The summed E-state index contributed by atoms with van der Waals surface area (Å²) in [5.74, 6) is 0.985. The first kappa shape index (κ1) is 13.0. The van der Waals surface area contributed by atoms with Crippen LogP contribution in [0.3, 0.4) is 0 Å². The number of hydrogen-bond acceptors (Lipinski definition) is 6. The van der Waals surface area contributed by atoms with Crippen LogP contribution in [0.1, 0.15) is 16.3 Å². The summed E-state index contributed by atoms with van der Waals surface area (Å²) in [6, 6.07) is 0. The van der Waals surface area contributed by atoms with Crippen molar-refractivity contribution in [3.8, 4) is 0 Å². The Hall–Kier alpha value is -2.44. The highest BCUT2D eigenvalue weighted by molar-refractivity contribution is 5.87. The van der Waals surface area contributed by atoms with Gasteiger partial charge in [-0.3, -0.25) is 4.98 Å². The highest BCUT2D eigenvalue weighted by atomic mass is 16.5. The quantitative estimate of drug-likeness (QED) is 0.752. The summed E-state index contributed by atoms with van der Waals surface area (Å²) in [7, 11) is 5.10. The second-order valence-electron chi connectivity index (χ2n) is 4.06.